The highest BCUT2D eigenvalue weighted by atomic mass is 35.5. The Morgan fingerprint density at radius 1 is 1.28 bits per heavy atom. The molecule has 0 spiro atoms. The van der Waals surface area contributed by atoms with Crippen LogP contribution in [-0.2, 0) is 0 Å². The van der Waals surface area contributed by atoms with Crippen molar-refractivity contribution in [3.05, 3.63) is 40.6 Å². The van der Waals surface area contributed by atoms with Gasteiger partial charge >= 0.3 is 0 Å². The summed E-state index contributed by atoms with van der Waals surface area (Å²) in [5.74, 6) is -0.732. The third-order valence-corrected chi connectivity index (χ3v) is 5.46. The van der Waals surface area contributed by atoms with Gasteiger partial charge in [0.15, 0.2) is 33.1 Å². The second-order valence-corrected chi connectivity index (χ2v) is 7.35. The Morgan fingerprint density at radius 2 is 2.12 bits per heavy atom. The summed E-state index contributed by atoms with van der Waals surface area (Å²) < 4.78 is 28.3. The van der Waals surface area contributed by atoms with Crippen molar-refractivity contribution >= 4 is 34.5 Å². The van der Waals surface area contributed by atoms with Crippen molar-refractivity contribution < 1.29 is 8.78 Å². The molecule has 1 aromatic carbocycles. The van der Waals surface area contributed by atoms with Gasteiger partial charge in [-0.15, -0.1) is 5.10 Å². The van der Waals surface area contributed by atoms with Gasteiger partial charge in [0, 0.05) is 11.7 Å². The van der Waals surface area contributed by atoms with Crippen LogP contribution >= 0.6 is 23.4 Å². The van der Waals surface area contributed by atoms with Crippen molar-refractivity contribution in [3.63, 3.8) is 0 Å². The molecule has 5 nitrogen and oxygen atoms in total. The summed E-state index contributed by atoms with van der Waals surface area (Å²) in [6, 6.07) is 4.00. The second-order valence-electron chi connectivity index (χ2n) is 5.93. The molecule has 3 aromatic rings. The maximum atomic E-state index is 13.5. The minimum Gasteiger partial charge on any atom is -0.223 e. The molecule has 2 atom stereocenters. The van der Waals surface area contributed by atoms with Gasteiger partial charge in [0.2, 0.25) is 0 Å². The number of thioether (sulfide) groups is 1. The minimum atomic E-state index is -0.843. The van der Waals surface area contributed by atoms with Crippen LogP contribution in [0.25, 0.3) is 11.2 Å². The van der Waals surface area contributed by atoms with Crippen molar-refractivity contribution in [2.24, 2.45) is 0 Å². The zero-order valence-electron chi connectivity index (χ0n) is 13.3. The van der Waals surface area contributed by atoms with Gasteiger partial charge in [-0.05, 0) is 30.5 Å². The van der Waals surface area contributed by atoms with Gasteiger partial charge in [-0.25, -0.2) is 23.4 Å². The molecule has 0 aliphatic heterocycles. The molecule has 0 amide bonds. The predicted molar refractivity (Wildman–Crippen MR) is 91.9 cm³/mol. The fourth-order valence-corrected chi connectivity index (χ4v) is 3.76. The van der Waals surface area contributed by atoms with E-state index in [1.807, 2.05) is 0 Å². The zero-order valence-corrected chi connectivity index (χ0v) is 14.9. The van der Waals surface area contributed by atoms with Crippen LogP contribution in [0.1, 0.15) is 37.3 Å². The summed E-state index contributed by atoms with van der Waals surface area (Å²) in [6.07, 6.45) is 1.77. The molecule has 2 heterocycles. The van der Waals surface area contributed by atoms with Crippen LogP contribution in [-0.4, -0.2) is 30.7 Å². The molecule has 2 aromatic heterocycles. The van der Waals surface area contributed by atoms with Gasteiger partial charge in [-0.1, -0.05) is 41.6 Å². The topological polar surface area (TPSA) is 56.5 Å². The van der Waals surface area contributed by atoms with E-state index in [-0.39, 0.29) is 17.1 Å². The van der Waals surface area contributed by atoms with Crippen molar-refractivity contribution in [1.82, 2.24) is 25.0 Å². The Morgan fingerprint density at radius 3 is 2.88 bits per heavy atom. The first-order valence-corrected chi connectivity index (χ1v) is 9.31. The molecule has 130 valence electrons. The van der Waals surface area contributed by atoms with Crippen LogP contribution in [0.5, 0.6) is 0 Å². The fourth-order valence-electron chi connectivity index (χ4n) is 2.81. The van der Waals surface area contributed by atoms with Gasteiger partial charge in [0.1, 0.15) is 0 Å². The van der Waals surface area contributed by atoms with E-state index >= 15 is 0 Å². The van der Waals surface area contributed by atoms with Crippen LogP contribution in [0.15, 0.2) is 23.4 Å². The van der Waals surface area contributed by atoms with Gasteiger partial charge in [0.05, 0.1) is 6.04 Å². The summed E-state index contributed by atoms with van der Waals surface area (Å²) >= 11 is 7.73. The normalized spacial score (nSPS) is 19.5. The highest BCUT2D eigenvalue weighted by molar-refractivity contribution is 7.99. The molecule has 0 radical (unpaired) electrons. The van der Waals surface area contributed by atoms with E-state index in [9.17, 15) is 8.78 Å². The third-order valence-electron chi connectivity index (χ3n) is 4.14. The molecule has 1 aliphatic carbocycles. The maximum absolute atomic E-state index is 13.5. The van der Waals surface area contributed by atoms with Crippen molar-refractivity contribution in [1.29, 1.82) is 0 Å². The molecule has 1 fully saturated rings. The predicted octanol–water partition coefficient (Wildman–Crippen LogP) is 4.38. The lowest BCUT2D eigenvalue weighted by atomic mass is 10.1. The Balaban J connectivity index is 1.66. The largest absolute Gasteiger partial charge is 0.223 e. The molecule has 25 heavy (non-hydrogen) atoms. The van der Waals surface area contributed by atoms with Crippen molar-refractivity contribution in [2.45, 2.75) is 36.9 Å². The number of benzene rings is 1. The monoisotopic (exact) mass is 381 g/mol. The van der Waals surface area contributed by atoms with E-state index < -0.39 is 11.6 Å². The molecule has 0 bridgehead atoms. The lowest BCUT2D eigenvalue weighted by Crippen LogP contribution is -2.01. The van der Waals surface area contributed by atoms with E-state index in [0.29, 0.717) is 16.3 Å². The molecule has 0 N–H and O–H groups in total. The standard InChI is InChI=1S/C16H14ClF2N5S/c1-2-5-25-16-20-14(17)13-15(21-16)24(23-22-13)12-7-9(12)8-3-4-10(18)11(19)6-8/h3-4,6,9,12H,2,5,7H2,1H3/t9-,12+/m0/s1. The van der Waals surface area contributed by atoms with Crippen LogP contribution in [0, 0.1) is 11.6 Å². The van der Waals surface area contributed by atoms with E-state index in [4.69, 9.17) is 11.6 Å². The molecule has 9 heteroatoms. The molecule has 0 saturated heterocycles. The number of fused-ring (bicyclic) bond motifs is 1. The Labute approximate surface area is 151 Å². The van der Waals surface area contributed by atoms with E-state index in [2.05, 4.69) is 27.2 Å². The quantitative estimate of drug-likeness (QED) is 0.373. The summed E-state index contributed by atoms with van der Waals surface area (Å²) in [5.41, 5.74) is 1.78. The molecular formula is C16H14ClF2N5S. The van der Waals surface area contributed by atoms with Gasteiger partial charge in [-0.2, -0.15) is 0 Å². The average Bonchev–Trinajstić information content (AvgIpc) is 3.27. The van der Waals surface area contributed by atoms with Gasteiger partial charge < -0.3 is 0 Å². The number of rotatable bonds is 5. The molecule has 1 saturated carbocycles. The maximum Gasteiger partial charge on any atom is 0.191 e. The highest BCUT2D eigenvalue weighted by Gasteiger charge is 2.42. The van der Waals surface area contributed by atoms with Crippen LogP contribution < -0.4 is 0 Å². The Bertz CT molecular complexity index is 948. The molecule has 0 unspecified atom stereocenters. The molecular weight excluding hydrogens is 368 g/mol. The average molecular weight is 382 g/mol. The van der Waals surface area contributed by atoms with Gasteiger partial charge in [-0.3, -0.25) is 0 Å². The lowest BCUT2D eigenvalue weighted by Gasteiger charge is -2.04. The molecule has 1 aliphatic rings. The third kappa shape index (κ3) is 3.08. The number of halogens is 3. The summed E-state index contributed by atoms with van der Waals surface area (Å²) in [4.78, 5) is 8.77. The molecule has 4 rings (SSSR count). The summed E-state index contributed by atoms with van der Waals surface area (Å²) in [7, 11) is 0. The minimum absolute atomic E-state index is 0.00449. The van der Waals surface area contributed by atoms with Crippen molar-refractivity contribution in [2.75, 3.05) is 5.75 Å². The Hall–Kier alpha value is -1.80. The number of aromatic nitrogens is 5. The van der Waals surface area contributed by atoms with E-state index in [1.54, 1.807) is 10.7 Å². The van der Waals surface area contributed by atoms with Gasteiger partial charge in [0.25, 0.3) is 0 Å². The first-order chi connectivity index (χ1) is 12.1. The smallest absolute Gasteiger partial charge is 0.191 e. The van der Waals surface area contributed by atoms with E-state index in [1.165, 1.54) is 17.8 Å². The van der Waals surface area contributed by atoms with Crippen LogP contribution in [0.2, 0.25) is 5.15 Å². The first-order valence-electron chi connectivity index (χ1n) is 7.94. The first kappa shape index (κ1) is 16.7. The highest BCUT2D eigenvalue weighted by Crippen LogP contribution is 2.52. The fraction of sp³-hybridized carbons (Fsp3) is 0.375. The van der Waals surface area contributed by atoms with E-state index in [0.717, 1.165) is 30.2 Å². The summed E-state index contributed by atoms with van der Waals surface area (Å²) in [5, 5.41) is 9.10. The Kier molecular flexibility index (Phi) is 4.33. The number of hydrogen-bond acceptors (Lipinski definition) is 5. The number of hydrogen-bond donors (Lipinski definition) is 0. The van der Waals surface area contributed by atoms with Crippen LogP contribution in [0.4, 0.5) is 8.78 Å². The van der Waals surface area contributed by atoms with Crippen LogP contribution in [0.3, 0.4) is 0 Å². The second kappa shape index (κ2) is 6.49. The number of nitrogens with zero attached hydrogens (tertiary/aromatic N) is 5. The zero-order chi connectivity index (χ0) is 17.6. The summed E-state index contributed by atoms with van der Waals surface area (Å²) in [6.45, 7) is 2.08. The van der Waals surface area contributed by atoms with Crippen molar-refractivity contribution in [3.8, 4) is 0 Å². The lowest BCUT2D eigenvalue weighted by molar-refractivity contribution is 0.506. The SMILES string of the molecule is CCCSc1nc(Cl)c2nnn([C@@H]3C[C@H]3c3ccc(F)c(F)c3)c2n1.